The van der Waals surface area contributed by atoms with Gasteiger partial charge in [0.2, 0.25) is 17.7 Å². The number of carbonyl (C=O) groups is 6. The van der Waals surface area contributed by atoms with Crippen LogP contribution in [0.3, 0.4) is 0 Å². The Kier molecular flexibility index (Phi) is 32.0. The van der Waals surface area contributed by atoms with Crippen molar-refractivity contribution in [1.29, 1.82) is 0 Å². The molecule has 27 nitrogen and oxygen atoms in total. The Morgan fingerprint density at radius 2 is 1.48 bits per heavy atom. The smallest absolute Gasteiger partial charge is 0.407 e. The number of Topliss-reactive ketones (excluding diaryl/α,β-unsaturated/α-hetero) is 2. The Balaban J connectivity index is 0.991. The summed E-state index contributed by atoms with van der Waals surface area (Å²) in [5, 5.41) is 26.8. The van der Waals surface area contributed by atoms with Gasteiger partial charge in [-0.05, 0) is 114 Å². The minimum absolute atomic E-state index is 0.00966. The summed E-state index contributed by atoms with van der Waals surface area (Å²) in [6.45, 7) is 19.8. The van der Waals surface area contributed by atoms with Crippen molar-refractivity contribution < 1.29 is 81.6 Å². The van der Waals surface area contributed by atoms with E-state index < -0.39 is 96.2 Å². The molecule has 101 heavy (non-hydrogen) atoms. The molecular weight excluding hydrogens is 1300 g/mol. The Morgan fingerprint density at radius 3 is 2.15 bits per heavy atom. The molecule has 0 unspecified atom stereocenters. The molecule has 2 aromatic rings. The van der Waals surface area contributed by atoms with Crippen LogP contribution in [0, 0.1) is 35.5 Å². The fourth-order valence-electron chi connectivity index (χ4n) is 14.3. The number of ether oxygens (including phenoxy) is 9. The first-order valence-corrected chi connectivity index (χ1v) is 36.1. The number of aliphatic hydroxyl groups excluding tert-OH is 1. The predicted molar refractivity (Wildman–Crippen MR) is 379 cm³/mol. The molecule has 5 aliphatic rings. The number of fused-ring (bicyclic) bond motifs is 3. The van der Waals surface area contributed by atoms with Crippen molar-refractivity contribution in [3.05, 3.63) is 77.3 Å². The van der Waals surface area contributed by atoms with Crippen molar-refractivity contribution in [2.45, 2.75) is 200 Å². The summed E-state index contributed by atoms with van der Waals surface area (Å²) in [6, 6.07) is -1.14. The molecule has 4 aliphatic heterocycles. The number of rotatable bonds is 20. The van der Waals surface area contributed by atoms with Crippen molar-refractivity contribution in [3.8, 4) is 0 Å². The predicted octanol–water partition coefficient (Wildman–Crippen LogP) is 7.17. The highest BCUT2D eigenvalue weighted by atomic mass is 16.6. The number of carbonyl (C=O) groups excluding carboxylic acids is 6. The van der Waals surface area contributed by atoms with E-state index in [-0.39, 0.29) is 72.7 Å². The lowest BCUT2D eigenvalue weighted by Gasteiger charge is -2.43. The molecule has 3 saturated heterocycles. The number of alkyl carbamates (subject to hydrolysis) is 1. The van der Waals surface area contributed by atoms with Crippen LogP contribution in [0.4, 0.5) is 22.5 Å². The van der Waals surface area contributed by atoms with E-state index in [4.69, 9.17) is 48.4 Å². The van der Waals surface area contributed by atoms with Gasteiger partial charge in [-0.25, -0.2) is 24.5 Å². The molecule has 1 aliphatic carbocycles. The molecule has 0 spiro atoms. The monoisotopic (exact) mass is 1410 g/mol. The summed E-state index contributed by atoms with van der Waals surface area (Å²) in [5.74, 6) is -6.64. The maximum Gasteiger partial charge on any atom is 0.407 e. The van der Waals surface area contributed by atoms with E-state index in [0.717, 1.165) is 5.57 Å². The van der Waals surface area contributed by atoms with Gasteiger partial charge in [-0.3, -0.25) is 19.2 Å². The van der Waals surface area contributed by atoms with Crippen LogP contribution in [0.25, 0.3) is 0 Å². The van der Waals surface area contributed by atoms with Crippen molar-refractivity contribution in [1.82, 2.24) is 35.1 Å². The SMILES string of the molecule is CCOCCOCCN(C)C(=O)c1cnc(N2CCN(c3ncc(CNC(=O)O[C@@H]4CC[C@@H](C[C@@H](C)[C@@H]5C[C@@H](OC)[C@H](C)/C=C(\C)[C@@H](O)[C@@H](OC)C(=O)[C@H](C)C[C@H](C)/C=C/C=C/C=C(\C)[C@@H](OC)C[C@@H]6CC[C@@H](C)[C@@](O)(O6)C(=O)C(=O)N6CCCC[C@H]6C(=O)O5)C[C@H]4OC)cn3)CC2)nc1N. The molecule has 4 fully saturated rings. The van der Waals surface area contributed by atoms with Gasteiger partial charge in [0.1, 0.15) is 41.8 Å². The fourth-order valence-corrected chi connectivity index (χ4v) is 14.3. The lowest BCUT2D eigenvalue weighted by atomic mass is 9.78. The number of piperazine rings is 1. The number of esters is 1. The second kappa shape index (κ2) is 39.7. The summed E-state index contributed by atoms with van der Waals surface area (Å²) in [7, 11) is 7.82. The number of methoxy groups -OCH3 is 4. The normalized spacial score (nSPS) is 31.7. The molecule has 1 saturated carbocycles. The number of anilines is 3. The Morgan fingerprint density at radius 1 is 0.782 bits per heavy atom. The average Bonchev–Trinajstić information content (AvgIpc) is 0.775. The second-order valence-corrected chi connectivity index (χ2v) is 28.1. The van der Waals surface area contributed by atoms with Gasteiger partial charge in [0.25, 0.3) is 17.6 Å². The first-order chi connectivity index (χ1) is 48.3. The largest absolute Gasteiger partial charge is 0.460 e. The number of nitrogens with zero attached hydrogens (tertiary/aromatic N) is 8. The molecule has 16 atom stereocenters. The molecule has 27 heteroatoms. The van der Waals surface area contributed by atoms with Gasteiger partial charge in [-0.1, -0.05) is 71.1 Å². The summed E-state index contributed by atoms with van der Waals surface area (Å²) in [5.41, 5.74) is 8.53. The van der Waals surface area contributed by atoms with Gasteiger partial charge < -0.3 is 83.5 Å². The number of aromatic nitrogens is 4. The zero-order chi connectivity index (χ0) is 73.5. The van der Waals surface area contributed by atoms with Crippen molar-refractivity contribution in [2.75, 3.05) is 117 Å². The third-order valence-corrected chi connectivity index (χ3v) is 20.7. The van der Waals surface area contributed by atoms with E-state index in [1.54, 1.807) is 54.6 Å². The number of piperidine rings is 1. The number of likely N-dealkylation sites (N-methyl/N-ethyl adjacent to an activating group) is 1. The average molecular weight is 1420 g/mol. The number of aliphatic hydroxyl groups is 2. The van der Waals surface area contributed by atoms with Crippen LogP contribution in [-0.2, 0) is 68.4 Å². The maximum absolute atomic E-state index is 14.9. The minimum Gasteiger partial charge on any atom is -0.460 e. The van der Waals surface area contributed by atoms with Gasteiger partial charge in [0.15, 0.2) is 5.78 Å². The number of allylic oxidation sites excluding steroid dienone is 5. The Bertz CT molecular complexity index is 3150. The first kappa shape index (κ1) is 81.5. The van der Waals surface area contributed by atoms with Crippen LogP contribution in [0.1, 0.15) is 148 Å². The summed E-state index contributed by atoms with van der Waals surface area (Å²) in [6.07, 6.45) is 15.2. The van der Waals surface area contributed by atoms with Crippen molar-refractivity contribution in [2.24, 2.45) is 35.5 Å². The zero-order valence-corrected chi connectivity index (χ0v) is 61.8. The number of cyclic esters (lactones) is 1. The van der Waals surface area contributed by atoms with E-state index >= 15 is 0 Å². The quantitative estimate of drug-likeness (QED) is 0.0441. The van der Waals surface area contributed by atoms with Gasteiger partial charge in [0.05, 0.1) is 44.2 Å². The highest BCUT2D eigenvalue weighted by Crippen LogP contribution is 2.39. The molecule has 562 valence electrons. The number of nitrogens with one attached hydrogen (secondary N) is 1. The fraction of sp³-hybridized carbons (Fsp3) is 0.703. The maximum atomic E-state index is 14.9. The van der Waals surface area contributed by atoms with Gasteiger partial charge in [-0.2, -0.15) is 4.98 Å². The molecule has 3 amide bonds. The highest BCUT2D eigenvalue weighted by Gasteiger charge is 2.53. The van der Waals surface area contributed by atoms with Gasteiger partial charge >= 0.3 is 12.1 Å². The molecule has 7 rings (SSSR count). The number of nitrogen functional groups attached to an aromatic ring is 1. The molecule has 5 N–H and O–H groups in total. The van der Waals surface area contributed by atoms with E-state index in [1.807, 2.05) is 87.8 Å². The van der Waals surface area contributed by atoms with Crippen molar-refractivity contribution >= 4 is 53.2 Å². The van der Waals surface area contributed by atoms with Crippen LogP contribution in [0.2, 0.25) is 0 Å². The number of hydrogen-bond acceptors (Lipinski definition) is 24. The molecule has 0 radical (unpaired) electrons. The van der Waals surface area contributed by atoms with E-state index in [9.17, 15) is 39.0 Å². The second-order valence-electron chi connectivity index (χ2n) is 28.1. The first-order valence-electron chi connectivity index (χ1n) is 36.1. The van der Waals surface area contributed by atoms with Gasteiger partial charge in [-0.15, -0.1) is 0 Å². The van der Waals surface area contributed by atoms with E-state index in [1.165, 1.54) is 23.1 Å². The number of ketones is 2. The summed E-state index contributed by atoms with van der Waals surface area (Å²) < 4.78 is 53.5. The Hall–Kier alpha value is -6.82. The highest BCUT2D eigenvalue weighted by molar-refractivity contribution is 6.39. The lowest BCUT2D eigenvalue weighted by molar-refractivity contribution is -0.265. The number of nitrogens with two attached hydrogens (primary N) is 1. The third-order valence-electron chi connectivity index (χ3n) is 20.7. The van der Waals surface area contributed by atoms with Crippen molar-refractivity contribution in [3.63, 3.8) is 0 Å². The lowest BCUT2D eigenvalue weighted by Crippen LogP contribution is -2.61. The molecule has 6 heterocycles. The topological polar surface area (TPSA) is 329 Å². The summed E-state index contributed by atoms with van der Waals surface area (Å²) in [4.78, 5) is 110. The minimum atomic E-state index is -2.46. The molecular formula is C74H114N10O17. The van der Waals surface area contributed by atoms with E-state index in [0.29, 0.717) is 146 Å². The van der Waals surface area contributed by atoms with Crippen LogP contribution in [-0.4, -0.2) is 237 Å². The van der Waals surface area contributed by atoms with E-state index in [2.05, 4.69) is 25.3 Å². The van der Waals surface area contributed by atoms with Crippen LogP contribution in [0.15, 0.2) is 66.2 Å². The van der Waals surface area contributed by atoms with Crippen LogP contribution < -0.4 is 20.9 Å². The van der Waals surface area contributed by atoms with Crippen LogP contribution >= 0.6 is 0 Å². The number of amides is 3. The molecule has 2 aromatic heterocycles. The molecule has 2 bridgehead atoms. The standard InChI is InChI=1S/C74H114N10O17/c1-14-97-34-35-98-33-32-81(9)68(88)56-45-78-72(80-67(56)75)83-30-28-82(29-31-83)71-76-42-54(43-77-71)44-79-73(91)100-58-26-24-53(39-62(58)95-12)38-49(5)61-41-60(94-11)48(4)37-51(7)64(86)65(96-13)63(85)50(6)36-46(2)20-16-15-17-21-47(3)59(93-10)40-55-25-23-52(8)74(92,101-55)66(87)69(89)84-27-19-18-22-57(84)70(90)99-61/h15-17,20-21,37,42-43,45-46,48-50,52-53,55,57-62,64-65,86,92H,14,18-19,22-36,38-41,44H2,1-13H3,(H,79,91)(H2,75,78,80)/b17-15+,20-16+,47-21+,51-37+/t46-,48-,49-,50-,52-,53+,55+,57+,58-,59+,60-,61+,62-,64-,65+,74-/m1/s1. The Labute approximate surface area is 596 Å². The molecule has 0 aromatic carbocycles. The summed E-state index contributed by atoms with van der Waals surface area (Å²) >= 11 is 0. The van der Waals surface area contributed by atoms with Gasteiger partial charge in [0, 0.05) is 143 Å². The third kappa shape index (κ3) is 22.6. The number of hydrogen-bond donors (Lipinski definition) is 4. The zero-order valence-electron chi connectivity index (χ0n) is 61.8. The van der Waals surface area contributed by atoms with Crippen LogP contribution in [0.5, 0.6) is 0 Å².